The second-order valence-corrected chi connectivity index (χ2v) is 9.66. The van der Waals surface area contributed by atoms with Crippen molar-refractivity contribution < 1.29 is 9.13 Å². The summed E-state index contributed by atoms with van der Waals surface area (Å²) in [7, 11) is 3.95. The summed E-state index contributed by atoms with van der Waals surface area (Å²) in [6, 6.07) is 16.9. The molecule has 0 bridgehead atoms. The molecular weight excluding hydrogens is 479 g/mol. The first-order valence-corrected chi connectivity index (χ1v) is 12.4. The molecule has 0 radical (unpaired) electrons. The van der Waals surface area contributed by atoms with Gasteiger partial charge in [-0.15, -0.1) is 0 Å². The van der Waals surface area contributed by atoms with Crippen LogP contribution in [0.5, 0.6) is 5.75 Å². The van der Waals surface area contributed by atoms with Gasteiger partial charge in [0.25, 0.3) is 0 Å². The number of rotatable bonds is 7. The predicted molar refractivity (Wildman–Crippen MR) is 149 cm³/mol. The number of nitrogens with zero attached hydrogens (tertiary/aromatic N) is 4. The van der Waals surface area contributed by atoms with Gasteiger partial charge in [-0.3, -0.25) is 15.1 Å². The molecule has 0 aliphatic rings. The molecule has 6 aromatic rings. The van der Waals surface area contributed by atoms with Crippen LogP contribution in [0.25, 0.3) is 55.6 Å². The maximum absolute atomic E-state index is 14.6. The first-order chi connectivity index (χ1) is 18.5. The minimum atomic E-state index is -0.334. The van der Waals surface area contributed by atoms with E-state index in [9.17, 15) is 4.39 Å². The van der Waals surface area contributed by atoms with E-state index >= 15 is 0 Å². The molecule has 0 saturated carbocycles. The highest BCUT2D eigenvalue weighted by Crippen LogP contribution is 2.36. The van der Waals surface area contributed by atoms with Gasteiger partial charge < -0.3 is 14.6 Å². The van der Waals surface area contributed by atoms with Crippen LogP contribution >= 0.6 is 0 Å². The molecule has 0 atom stereocenters. The molecule has 0 aliphatic carbocycles. The van der Waals surface area contributed by atoms with E-state index in [2.05, 4.69) is 31.2 Å². The Hall–Kier alpha value is -4.56. The fraction of sp³-hybridized carbons (Fsp3) is 0.167. The molecule has 2 aromatic carbocycles. The molecule has 4 heterocycles. The number of aryl methyl sites for hydroxylation is 1. The maximum Gasteiger partial charge on any atom is 0.127 e. The van der Waals surface area contributed by atoms with Gasteiger partial charge in [-0.1, -0.05) is 12.1 Å². The summed E-state index contributed by atoms with van der Waals surface area (Å²) < 4.78 is 20.4. The third-order valence-electron chi connectivity index (χ3n) is 6.67. The molecule has 0 unspecified atom stereocenters. The Bertz CT molecular complexity index is 1770. The van der Waals surface area contributed by atoms with Gasteiger partial charge in [0.1, 0.15) is 23.9 Å². The van der Waals surface area contributed by atoms with Crippen LogP contribution in [0, 0.1) is 12.7 Å². The second kappa shape index (κ2) is 9.72. The average Bonchev–Trinajstić information content (AvgIpc) is 3.52. The zero-order valence-electron chi connectivity index (χ0n) is 21.4. The van der Waals surface area contributed by atoms with Gasteiger partial charge in [0, 0.05) is 46.9 Å². The Morgan fingerprint density at radius 1 is 0.947 bits per heavy atom. The summed E-state index contributed by atoms with van der Waals surface area (Å²) >= 11 is 0. The number of ether oxygens (including phenoxy) is 1. The lowest BCUT2D eigenvalue weighted by atomic mass is 10.0. The number of aromatic nitrogens is 5. The molecule has 8 heteroatoms. The lowest BCUT2D eigenvalue weighted by molar-refractivity contribution is 0.260. The van der Waals surface area contributed by atoms with Crippen LogP contribution in [0.15, 0.2) is 73.2 Å². The largest absolute Gasteiger partial charge is 0.492 e. The lowest BCUT2D eigenvalue weighted by Gasteiger charge is -2.12. The molecule has 4 aromatic heterocycles. The van der Waals surface area contributed by atoms with Crippen LogP contribution in [-0.4, -0.2) is 57.3 Å². The van der Waals surface area contributed by atoms with Crippen LogP contribution in [0.2, 0.25) is 0 Å². The number of H-pyrrole nitrogens is 2. The molecule has 190 valence electrons. The van der Waals surface area contributed by atoms with Crippen LogP contribution in [0.3, 0.4) is 0 Å². The van der Waals surface area contributed by atoms with E-state index in [4.69, 9.17) is 4.74 Å². The molecule has 0 aliphatic heterocycles. The number of hydrogen-bond acceptors (Lipinski definition) is 5. The number of pyridine rings is 2. The van der Waals surface area contributed by atoms with E-state index in [-0.39, 0.29) is 5.82 Å². The highest BCUT2D eigenvalue weighted by molar-refractivity contribution is 6.01. The molecule has 0 amide bonds. The minimum Gasteiger partial charge on any atom is -0.492 e. The number of likely N-dealkylation sites (N-methyl/N-ethyl adjacent to an activating group) is 1. The number of halogens is 1. The number of nitrogens with one attached hydrogen (secondary N) is 2. The standard InChI is InChI=1S/C30H27FN6O/c1-18-7-8-32-16-25(18)27-15-24-29(17-33-27)35-36-30(24)28-14-23-22(5-4-6-26(23)34-28)19-11-20(31)13-21(12-19)38-10-9-37(2)3/h4-8,11-17,34H,9-10H2,1-3H3,(H,35,36). The summed E-state index contributed by atoms with van der Waals surface area (Å²) in [6.07, 6.45) is 5.41. The molecule has 2 N–H and O–H groups in total. The summed E-state index contributed by atoms with van der Waals surface area (Å²) in [5.41, 5.74) is 8.02. The Kier molecular flexibility index (Phi) is 6.09. The van der Waals surface area contributed by atoms with Crippen LogP contribution in [0.1, 0.15) is 5.56 Å². The first-order valence-electron chi connectivity index (χ1n) is 12.4. The summed E-state index contributed by atoms with van der Waals surface area (Å²) in [5, 5.41) is 9.62. The van der Waals surface area contributed by atoms with E-state index in [1.165, 1.54) is 6.07 Å². The number of hydrogen-bond donors (Lipinski definition) is 2. The van der Waals surface area contributed by atoms with Crippen molar-refractivity contribution in [3.8, 4) is 39.5 Å². The number of aromatic amines is 2. The third-order valence-corrected chi connectivity index (χ3v) is 6.67. The van der Waals surface area contributed by atoms with Crippen LogP contribution < -0.4 is 4.74 Å². The monoisotopic (exact) mass is 506 g/mol. The first kappa shape index (κ1) is 23.8. The van der Waals surface area contributed by atoms with Gasteiger partial charge in [-0.05, 0) is 74.1 Å². The van der Waals surface area contributed by atoms with Crippen molar-refractivity contribution in [2.24, 2.45) is 0 Å². The summed E-state index contributed by atoms with van der Waals surface area (Å²) in [5.74, 6) is 0.178. The van der Waals surface area contributed by atoms with Gasteiger partial charge in [0.05, 0.1) is 23.1 Å². The van der Waals surface area contributed by atoms with Gasteiger partial charge >= 0.3 is 0 Å². The Balaban J connectivity index is 1.41. The quantitative estimate of drug-likeness (QED) is 0.268. The smallest absolute Gasteiger partial charge is 0.127 e. The molecule has 0 saturated heterocycles. The van der Waals surface area contributed by atoms with Gasteiger partial charge in [0.2, 0.25) is 0 Å². The molecule has 38 heavy (non-hydrogen) atoms. The lowest BCUT2D eigenvalue weighted by Crippen LogP contribution is -2.19. The van der Waals surface area contributed by atoms with Crippen molar-refractivity contribution >= 4 is 21.8 Å². The molecular formula is C30H27FN6O. The third kappa shape index (κ3) is 4.50. The minimum absolute atomic E-state index is 0.334. The summed E-state index contributed by atoms with van der Waals surface area (Å²) in [4.78, 5) is 14.4. The highest BCUT2D eigenvalue weighted by Gasteiger charge is 2.16. The van der Waals surface area contributed by atoms with Crippen molar-refractivity contribution in [3.05, 3.63) is 84.6 Å². The van der Waals surface area contributed by atoms with Crippen LogP contribution in [-0.2, 0) is 0 Å². The van der Waals surface area contributed by atoms with Crippen molar-refractivity contribution in [2.75, 3.05) is 27.2 Å². The van der Waals surface area contributed by atoms with Crippen molar-refractivity contribution in [1.82, 2.24) is 30.0 Å². The Morgan fingerprint density at radius 3 is 2.68 bits per heavy atom. The SMILES string of the molecule is Cc1ccncc1-c1cc2c(-c3cc4c(-c5cc(F)cc(OCCN(C)C)c5)cccc4[nH]3)n[nH]c2cn1. The zero-order valence-corrected chi connectivity index (χ0v) is 21.4. The molecule has 7 nitrogen and oxygen atoms in total. The Morgan fingerprint density at radius 2 is 1.84 bits per heavy atom. The number of benzene rings is 2. The fourth-order valence-corrected chi connectivity index (χ4v) is 4.68. The second-order valence-electron chi connectivity index (χ2n) is 9.66. The molecule has 0 spiro atoms. The number of fused-ring (bicyclic) bond motifs is 2. The molecule has 6 rings (SSSR count). The topological polar surface area (TPSA) is 82.7 Å². The van der Waals surface area contributed by atoms with E-state index in [0.717, 1.165) is 67.7 Å². The summed E-state index contributed by atoms with van der Waals surface area (Å²) in [6.45, 7) is 3.28. The van der Waals surface area contributed by atoms with Crippen molar-refractivity contribution in [1.29, 1.82) is 0 Å². The van der Waals surface area contributed by atoms with Gasteiger partial charge in [-0.25, -0.2) is 4.39 Å². The predicted octanol–water partition coefficient (Wildman–Crippen LogP) is 6.22. The van der Waals surface area contributed by atoms with E-state index in [0.29, 0.717) is 12.4 Å². The Labute approximate surface area is 219 Å². The maximum atomic E-state index is 14.6. The zero-order chi connectivity index (χ0) is 26.2. The van der Waals surface area contributed by atoms with E-state index in [1.807, 2.05) is 68.5 Å². The van der Waals surface area contributed by atoms with Crippen molar-refractivity contribution in [2.45, 2.75) is 6.92 Å². The van der Waals surface area contributed by atoms with Crippen LogP contribution in [0.4, 0.5) is 4.39 Å². The molecule has 0 fully saturated rings. The van der Waals surface area contributed by atoms with E-state index < -0.39 is 0 Å². The average molecular weight is 507 g/mol. The van der Waals surface area contributed by atoms with Gasteiger partial charge in [0.15, 0.2) is 0 Å². The van der Waals surface area contributed by atoms with Crippen molar-refractivity contribution in [3.63, 3.8) is 0 Å². The van der Waals surface area contributed by atoms with Gasteiger partial charge in [-0.2, -0.15) is 5.10 Å². The highest BCUT2D eigenvalue weighted by atomic mass is 19.1. The fourth-order valence-electron chi connectivity index (χ4n) is 4.68. The van der Waals surface area contributed by atoms with E-state index in [1.54, 1.807) is 18.5 Å². The normalized spacial score (nSPS) is 11.6.